The van der Waals surface area contributed by atoms with Crippen LogP contribution in [0.15, 0.2) is 36.7 Å². The Hall–Kier alpha value is -3.00. The van der Waals surface area contributed by atoms with Crippen LogP contribution in [0.25, 0.3) is 23.1 Å². The highest BCUT2D eigenvalue weighted by atomic mass is 19.1. The van der Waals surface area contributed by atoms with Crippen LogP contribution in [0.1, 0.15) is 16.8 Å². The molecule has 3 aromatic rings. The smallest absolute Gasteiger partial charge is 0.150 e. The summed E-state index contributed by atoms with van der Waals surface area (Å²) in [5.41, 5.74) is 2.21. The van der Waals surface area contributed by atoms with E-state index in [-0.39, 0.29) is 5.56 Å². The lowest BCUT2D eigenvalue weighted by Crippen LogP contribution is -1.92. The highest BCUT2D eigenvalue weighted by Crippen LogP contribution is 2.24. The monoisotopic (exact) mass is 278 g/mol. The van der Waals surface area contributed by atoms with E-state index in [1.54, 1.807) is 31.6 Å². The zero-order valence-electron chi connectivity index (χ0n) is 11.3. The molecule has 0 aliphatic carbocycles. The Morgan fingerprint density at radius 3 is 2.90 bits per heavy atom. The van der Waals surface area contributed by atoms with Crippen molar-refractivity contribution in [3.63, 3.8) is 0 Å². The molecule has 0 atom stereocenters. The summed E-state index contributed by atoms with van der Waals surface area (Å²) in [6.07, 6.45) is 7.07. The fourth-order valence-corrected chi connectivity index (χ4v) is 2.23. The molecule has 0 amide bonds. The van der Waals surface area contributed by atoms with Crippen molar-refractivity contribution in [1.82, 2.24) is 14.8 Å². The summed E-state index contributed by atoms with van der Waals surface area (Å²) in [7, 11) is 1.68. The zero-order valence-corrected chi connectivity index (χ0v) is 11.3. The number of aromatic nitrogens is 3. The molecule has 1 aromatic carbocycles. The molecule has 0 radical (unpaired) electrons. The molecule has 0 N–H and O–H groups in total. The minimum Gasteiger partial charge on any atom is -0.264 e. The van der Waals surface area contributed by atoms with Crippen LogP contribution >= 0.6 is 0 Å². The van der Waals surface area contributed by atoms with E-state index in [9.17, 15) is 4.39 Å². The lowest BCUT2D eigenvalue weighted by molar-refractivity contribution is 0.625. The Labute approximate surface area is 120 Å². The molecular formula is C16H11FN4. The molecule has 0 spiro atoms. The van der Waals surface area contributed by atoms with Crippen molar-refractivity contribution in [2.45, 2.75) is 0 Å². The second-order valence-corrected chi connectivity index (χ2v) is 4.59. The van der Waals surface area contributed by atoms with Gasteiger partial charge in [0.1, 0.15) is 11.3 Å². The minimum atomic E-state index is -0.444. The highest BCUT2D eigenvalue weighted by molar-refractivity contribution is 5.91. The Balaban J connectivity index is 2.13. The summed E-state index contributed by atoms with van der Waals surface area (Å²) in [5.74, 6) is -0.444. The lowest BCUT2D eigenvalue weighted by Gasteiger charge is -1.96. The molecule has 0 saturated heterocycles. The van der Waals surface area contributed by atoms with Gasteiger partial charge in [-0.1, -0.05) is 12.1 Å². The van der Waals surface area contributed by atoms with Gasteiger partial charge in [0.25, 0.3) is 0 Å². The van der Waals surface area contributed by atoms with Gasteiger partial charge in [-0.15, -0.1) is 0 Å². The SMILES string of the molecule is Cn1nc(/C=C/c2cccnc2)c2cc(C#N)cc(F)c21. The van der Waals surface area contributed by atoms with Crippen LogP contribution in [0.4, 0.5) is 4.39 Å². The first-order valence-electron chi connectivity index (χ1n) is 6.33. The number of benzene rings is 1. The van der Waals surface area contributed by atoms with Crippen LogP contribution in [-0.4, -0.2) is 14.8 Å². The van der Waals surface area contributed by atoms with Crippen molar-refractivity contribution in [3.05, 3.63) is 59.3 Å². The normalized spacial score (nSPS) is 11.1. The van der Waals surface area contributed by atoms with E-state index in [0.29, 0.717) is 16.6 Å². The van der Waals surface area contributed by atoms with Gasteiger partial charge in [-0.25, -0.2) is 4.39 Å². The van der Waals surface area contributed by atoms with Crippen LogP contribution in [0.2, 0.25) is 0 Å². The summed E-state index contributed by atoms with van der Waals surface area (Å²) in [4.78, 5) is 4.03. The van der Waals surface area contributed by atoms with E-state index >= 15 is 0 Å². The third-order valence-electron chi connectivity index (χ3n) is 3.17. The second-order valence-electron chi connectivity index (χ2n) is 4.59. The molecule has 0 unspecified atom stereocenters. The van der Waals surface area contributed by atoms with Crippen molar-refractivity contribution in [1.29, 1.82) is 5.26 Å². The van der Waals surface area contributed by atoms with Crippen molar-refractivity contribution in [2.75, 3.05) is 0 Å². The van der Waals surface area contributed by atoms with Crippen molar-refractivity contribution in [2.24, 2.45) is 7.05 Å². The van der Waals surface area contributed by atoms with E-state index in [4.69, 9.17) is 5.26 Å². The quantitative estimate of drug-likeness (QED) is 0.723. The molecule has 0 fully saturated rings. The van der Waals surface area contributed by atoms with Crippen molar-refractivity contribution < 1.29 is 4.39 Å². The van der Waals surface area contributed by atoms with Crippen LogP contribution < -0.4 is 0 Å². The Morgan fingerprint density at radius 1 is 1.33 bits per heavy atom. The van der Waals surface area contributed by atoms with E-state index < -0.39 is 5.82 Å². The molecule has 2 heterocycles. The van der Waals surface area contributed by atoms with Crippen LogP contribution in [0.5, 0.6) is 0 Å². The van der Waals surface area contributed by atoms with Gasteiger partial charge in [0.2, 0.25) is 0 Å². The number of hydrogen-bond donors (Lipinski definition) is 0. The van der Waals surface area contributed by atoms with Gasteiger partial charge in [0.15, 0.2) is 0 Å². The number of halogens is 1. The van der Waals surface area contributed by atoms with E-state index in [2.05, 4.69) is 10.1 Å². The van der Waals surface area contributed by atoms with Gasteiger partial charge < -0.3 is 0 Å². The average Bonchev–Trinajstić information content (AvgIpc) is 2.83. The predicted molar refractivity (Wildman–Crippen MR) is 78.6 cm³/mol. The first-order chi connectivity index (χ1) is 10.2. The Morgan fingerprint density at radius 2 is 2.19 bits per heavy atom. The van der Waals surface area contributed by atoms with Gasteiger partial charge >= 0.3 is 0 Å². The second kappa shape index (κ2) is 5.17. The summed E-state index contributed by atoms with van der Waals surface area (Å²) >= 11 is 0. The van der Waals surface area contributed by atoms with Gasteiger partial charge in [-0.05, 0) is 29.8 Å². The molecule has 3 rings (SSSR count). The fourth-order valence-electron chi connectivity index (χ4n) is 2.23. The number of nitrogens with zero attached hydrogens (tertiary/aromatic N) is 4. The number of rotatable bonds is 2. The molecule has 2 aromatic heterocycles. The fraction of sp³-hybridized carbons (Fsp3) is 0.0625. The molecule has 21 heavy (non-hydrogen) atoms. The number of aryl methyl sites for hydroxylation is 1. The highest BCUT2D eigenvalue weighted by Gasteiger charge is 2.12. The molecule has 102 valence electrons. The molecule has 4 nitrogen and oxygen atoms in total. The summed E-state index contributed by atoms with van der Waals surface area (Å²) in [5, 5.41) is 13.9. The molecule has 0 aliphatic rings. The first-order valence-corrected chi connectivity index (χ1v) is 6.33. The van der Waals surface area contributed by atoms with Crippen molar-refractivity contribution >= 4 is 23.1 Å². The van der Waals surface area contributed by atoms with Gasteiger partial charge in [-0.2, -0.15) is 10.4 Å². The van der Waals surface area contributed by atoms with Gasteiger partial charge in [-0.3, -0.25) is 9.67 Å². The lowest BCUT2D eigenvalue weighted by atomic mass is 10.1. The standard InChI is InChI=1S/C16H11FN4/c1-21-16-13(7-12(9-18)8-14(16)17)15(20-21)5-4-11-3-2-6-19-10-11/h2-8,10H,1H3/b5-4+. The number of nitriles is 1. The maximum atomic E-state index is 14.0. The molecule has 0 bridgehead atoms. The van der Waals surface area contributed by atoms with Crippen LogP contribution in [-0.2, 0) is 7.05 Å². The summed E-state index contributed by atoms with van der Waals surface area (Å²) < 4.78 is 15.5. The molecule has 0 saturated carbocycles. The van der Waals surface area contributed by atoms with Gasteiger partial charge in [0, 0.05) is 24.8 Å². The third kappa shape index (κ3) is 2.39. The maximum absolute atomic E-state index is 14.0. The number of hydrogen-bond acceptors (Lipinski definition) is 3. The molecule has 5 heteroatoms. The van der Waals surface area contributed by atoms with E-state index in [1.807, 2.05) is 24.3 Å². The maximum Gasteiger partial charge on any atom is 0.150 e. The minimum absolute atomic E-state index is 0.282. The van der Waals surface area contributed by atoms with E-state index in [1.165, 1.54) is 10.7 Å². The summed E-state index contributed by atoms with van der Waals surface area (Å²) in [6.45, 7) is 0. The van der Waals surface area contributed by atoms with Gasteiger partial charge in [0.05, 0.1) is 17.3 Å². The average molecular weight is 278 g/mol. The Kier molecular flexibility index (Phi) is 3.20. The summed E-state index contributed by atoms with van der Waals surface area (Å²) in [6, 6.07) is 8.58. The van der Waals surface area contributed by atoms with Crippen LogP contribution in [0, 0.1) is 17.1 Å². The van der Waals surface area contributed by atoms with Crippen LogP contribution in [0.3, 0.4) is 0 Å². The largest absolute Gasteiger partial charge is 0.264 e. The third-order valence-corrected chi connectivity index (χ3v) is 3.17. The molecular weight excluding hydrogens is 267 g/mol. The number of fused-ring (bicyclic) bond motifs is 1. The molecule has 0 aliphatic heterocycles. The zero-order chi connectivity index (χ0) is 14.8. The van der Waals surface area contributed by atoms with E-state index in [0.717, 1.165) is 5.56 Å². The predicted octanol–water partition coefficient (Wildman–Crippen LogP) is 3.15. The Bertz CT molecular complexity index is 873. The van der Waals surface area contributed by atoms with Crippen molar-refractivity contribution in [3.8, 4) is 6.07 Å². The number of pyridine rings is 1. The first kappa shape index (κ1) is 13.0. The topological polar surface area (TPSA) is 54.5 Å².